The van der Waals surface area contributed by atoms with Crippen molar-refractivity contribution < 1.29 is 8.78 Å². The minimum Gasteiger partial charge on any atom is -0.257 e. The maximum atomic E-state index is 14.8. The van der Waals surface area contributed by atoms with Crippen molar-refractivity contribution in [3.63, 3.8) is 0 Å². The molecule has 0 saturated carbocycles. The van der Waals surface area contributed by atoms with Gasteiger partial charge in [-0.25, -0.2) is 8.78 Å². The van der Waals surface area contributed by atoms with Crippen molar-refractivity contribution in [2.24, 2.45) is 0 Å². The molecule has 0 aliphatic rings. The van der Waals surface area contributed by atoms with Crippen molar-refractivity contribution in [1.29, 1.82) is 0 Å². The molecular weight excluding hydrogens is 323 g/mol. The quantitative estimate of drug-likeness (QED) is 0.537. The lowest BCUT2D eigenvalue weighted by Gasteiger charge is -2.08. The number of nitrogens with zero attached hydrogens (tertiary/aromatic N) is 5. The maximum absolute atomic E-state index is 14.8. The average Bonchev–Trinajstić information content (AvgIpc) is 3.01. The van der Waals surface area contributed by atoms with Crippen LogP contribution in [0, 0.1) is 11.6 Å². The Morgan fingerprint density at radius 1 is 1.16 bits per heavy atom. The van der Waals surface area contributed by atoms with Gasteiger partial charge in [0.15, 0.2) is 11.5 Å². The minimum absolute atomic E-state index is 0.0796. The number of pyridine rings is 1. The first kappa shape index (κ1) is 15.6. The highest BCUT2D eigenvalue weighted by Gasteiger charge is 2.18. The van der Waals surface area contributed by atoms with Crippen molar-refractivity contribution in [1.82, 2.24) is 24.8 Å². The topological polar surface area (TPSA) is 56.0 Å². The van der Waals surface area contributed by atoms with E-state index in [9.17, 15) is 8.78 Å². The molecule has 4 rings (SSSR count). The zero-order chi connectivity index (χ0) is 17.6. The maximum Gasteiger partial charge on any atom is 0.177 e. The van der Waals surface area contributed by atoms with Gasteiger partial charge in [0.25, 0.3) is 0 Å². The molecule has 0 bridgehead atoms. The summed E-state index contributed by atoms with van der Waals surface area (Å²) in [6.07, 6.45) is 2.02. The van der Waals surface area contributed by atoms with Gasteiger partial charge in [-0.05, 0) is 18.6 Å². The van der Waals surface area contributed by atoms with E-state index >= 15 is 0 Å². The third-order valence-corrected chi connectivity index (χ3v) is 4.07. The molecule has 0 saturated heterocycles. The first-order valence-corrected chi connectivity index (χ1v) is 7.79. The first-order valence-electron chi connectivity index (χ1n) is 7.79. The molecule has 8 heteroatoms. The van der Waals surface area contributed by atoms with E-state index < -0.39 is 11.6 Å². The predicted octanol–water partition coefficient (Wildman–Crippen LogP) is 1.90. The van der Waals surface area contributed by atoms with Gasteiger partial charge >= 0.3 is 0 Å². The largest absolute Gasteiger partial charge is 0.257 e. The molecule has 0 amide bonds. The predicted molar refractivity (Wildman–Crippen MR) is 90.0 cm³/mol. The molecule has 122 valence electrons. The number of halogens is 2. The van der Waals surface area contributed by atoms with E-state index in [1.807, 2.05) is 13.0 Å². The Kier molecular flexibility index (Phi) is 3.67. The summed E-state index contributed by atoms with van der Waals surface area (Å²) in [5, 5.41) is 12.6. The van der Waals surface area contributed by atoms with Crippen LogP contribution in [0.3, 0.4) is 0 Å². The van der Waals surface area contributed by atoms with Crippen LogP contribution >= 0.6 is 0 Å². The third kappa shape index (κ3) is 2.63. The number of hydrogen-bond donors (Lipinski definition) is 0. The third-order valence-electron chi connectivity index (χ3n) is 4.07. The normalized spacial score (nSPS) is 11.5. The Labute approximate surface area is 143 Å². The van der Waals surface area contributed by atoms with E-state index in [1.165, 1.54) is 22.8 Å². The lowest BCUT2D eigenvalue weighted by atomic mass is 9.95. The Morgan fingerprint density at radius 2 is 2.00 bits per heavy atom. The molecule has 0 fully saturated rings. The molecule has 1 aromatic carbocycles. The molecule has 5 nitrogen and oxygen atoms in total. The van der Waals surface area contributed by atoms with Crippen LogP contribution in [0.5, 0.6) is 0 Å². The van der Waals surface area contributed by atoms with Gasteiger partial charge in [-0.2, -0.15) is 9.61 Å². The molecule has 25 heavy (non-hydrogen) atoms. The van der Waals surface area contributed by atoms with Gasteiger partial charge in [0, 0.05) is 29.6 Å². The SMILES string of the molecule is [B]c1cnc2cc(F)c(Cc3nnc4ccc(CC)nn34)c(F)c2c1. The molecule has 3 aromatic heterocycles. The van der Waals surface area contributed by atoms with Gasteiger partial charge in [0.05, 0.1) is 11.2 Å². The number of benzene rings is 1. The Morgan fingerprint density at radius 3 is 2.80 bits per heavy atom. The van der Waals surface area contributed by atoms with Crippen molar-refractivity contribution in [3.05, 3.63) is 59.2 Å². The highest BCUT2D eigenvalue weighted by atomic mass is 19.1. The summed E-state index contributed by atoms with van der Waals surface area (Å²) >= 11 is 0. The molecule has 0 spiro atoms. The van der Waals surface area contributed by atoms with Crippen LogP contribution in [-0.4, -0.2) is 32.6 Å². The summed E-state index contributed by atoms with van der Waals surface area (Å²) in [7, 11) is 5.66. The fourth-order valence-corrected chi connectivity index (χ4v) is 2.75. The Bertz CT molecular complexity index is 1110. The molecule has 3 heterocycles. The summed E-state index contributed by atoms with van der Waals surface area (Å²) in [6, 6.07) is 6.26. The molecule has 0 aliphatic heterocycles. The van der Waals surface area contributed by atoms with Crippen LogP contribution < -0.4 is 5.46 Å². The number of fused-ring (bicyclic) bond motifs is 2. The molecule has 0 N–H and O–H groups in total. The standard InChI is InChI=1S/C17H12BF2N5/c1-2-10-3-4-15-22-23-16(25(15)24-10)6-11-13(19)7-14-12(17(11)20)5-9(18)8-21-14/h3-5,7-8H,2,6H2,1H3. The molecule has 0 aliphatic carbocycles. The molecule has 0 unspecified atom stereocenters. The second-order valence-corrected chi connectivity index (χ2v) is 5.73. The van der Waals surface area contributed by atoms with E-state index in [2.05, 4.69) is 20.3 Å². The van der Waals surface area contributed by atoms with Gasteiger partial charge in [0.1, 0.15) is 19.5 Å². The summed E-state index contributed by atoms with van der Waals surface area (Å²) in [5.74, 6) is -1.02. The van der Waals surface area contributed by atoms with Crippen LogP contribution in [0.4, 0.5) is 8.78 Å². The zero-order valence-corrected chi connectivity index (χ0v) is 13.4. The average molecular weight is 335 g/mol. The molecule has 0 atom stereocenters. The van der Waals surface area contributed by atoms with Crippen molar-refractivity contribution in [2.75, 3.05) is 0 Å². The molecular formula is C17H12BF2N5. The van der Waals surface area contributed by atoms with Crippen LogP contribution in [0.1, 0.15) is 24.0 Å². The van der Waals surface area contributed by atoms with Crippen LogP contribution in [0.15, 0.2) is 30.5 Å². The minimum atomic E-state index is -0.696. The summed E-state index contributed by atoms with van der Waals surface area (Å²) in [4.78, 5) is 3.96. The highest BCUT2D eigenvalue weighted by molar-refractivity contribution is 6.32. The number of aromatic nitrogens is 5. The van der Waals surface area contributed by atoms with Crippen LogP contribution in [-0.2, 0) is 12.8 Å². The van der Waals surface area contributed by atoms with Gasteiger partial charge < -0.3 is 0 Å². The van der Waals surface area contributed by atoms with Gasteiger partial charge in [-0.15, -0.1) is 10.2 Å². The molecule has 2 radical (unpaired) electrons. The fourth-order valence-electron chi connectivity index (χ4n) is 2.75. The smallest absolute Gasteiger partial charge is 0.177 e. The van der Waals surface area contributed by atoms with E-state index in [0.717, 1.165) is 12.1 Å². The molecule has 4 aromatic rings. The monoisotopic (exact) mass is 335 g/mol. The lowest BCUT2D eigenvalue weighted by molar-refractivity contribution is 0.565. The van der Waals surface area contributed by atoms with E-state index in [0.29, 0.717) is 16.9 Å². The van der Waals surface area contributed by atoms with Crippen molar-refractivity contribution >= 4 is 29.9 Å². The summed E-state index contributed by atoms with van der Waals surface area (Å²) in [5.41, 5.74) is 1.78. The van der Waals surface area contributed by atoms with Gasteiger partial charge in [-0.3, -0.25) is 4.98 Å². The van der Waals surface area contributed by atoms with E-state index in [4.69, 9.17) is 7.85 Å². The number of rotatable bonds is 3. The lowest BCUT2D eigenvalue weighted by Crippen LogP contribution is -2.08. The van der Waals surface area contributed by atoms with Crippen molar-refractivity contribution in [3.8, 4) is 0 Å². The number of aryl methyl sites for hydroxylation is 1. The van der Waals surface area contributed by atoms with Gasteiger partial charge in [-0.1, -0.05) is 18.5 Å². The van der Waals surface area contributed by atoms with E-state index in [-0.39, 0.29) is 22.9 Å². The summed E-state index contributed by atoms with van der Waals surface area (Å²) < 4.78 is 30.8. The Hall–Kier alpha value is -2.90. The zero-order valence-electron chi connectivity index (χ0n) is 13.4. The second kappa shape index (κ2) is 5.88. The van der Waals surface area contributed by atoms with Gasteiger partial charge in [0.2, 0.25) is 0 Å². The summed E-state index contributed by atoms with van der Waals surface area (Å²) in [6.45, 7) is 1.97. The van der Waals surface area contributed by atoms with Crippen LogP contribution in [0.2, 0.25) is 0 Å². The van der Waals surface area contributed by atoms with E-state index in [1.54, 1.807) is 6.07 Å². The highest BCUT2D eigenvalue weighted by Crippen LogP contribution is 2.24. The fraction of sp³-hybridized carbons (Fsp3) is 0.176. The second-order valence-electron chi connectivity index (χ2n) is 5.73. The first-order chi connectivity index (χ1) is 12.1. The van der Waals surface area contributed by atoms with Crippen LogP contribution in [0.25, 0.3) is 16.6 Å². The Balaban J connectivity index is 1.86. The number of hydrogen-bond acceptors (Lipinski definition) is 4. The van der Waals surface area contributed by atoms with Crippen molar-refractivity contribution in [2.45, 2.75) is 19.8 Å².